The Morgan fingerprint density at radius 1 is 0.949 bits per heavy atom. The van der Waals surface area contributed by atoms with Crippen LogP contribution in [0.25, 0.3) is 0 Å². The van der Waals surface area contributed by atoms with E-state index in [1.807, 2.05) is 60.4 Å². The zero-order valence-corrected chi connectivity index (χ0v) is 25.3. The van der Waals surface area contributed by atoms with Gasteiger partial charge in [0.2, 0.25) is 5.91 Å². The normalized spacial score (nSPS) is 10.7. The molecule has 0 aliphatic heterocycles. The van der Waals surface area contributed by atoms with Crippen LogP contribution < -0.4 is 14.8 Å². The molecule has 1 N–H and O–H groups in total. The molecule has 210 valence electrons. The number of hydrogen-bond acceptors (Lipinski definition) is 6. The van der Waals surface area contributed by atoms with Gasteiger partial charge in [-0.15, -0.1) is 11.3 Å². The van der Waals surface area contributed by atoms with Crippen molar-refractivity contribution in [2.75, 3.05) is 52.9 Å². The van der Waals surface area contributed by atoms with Crippen LogP contribution in [-0.2, 0) is 22.5 Å². The third-order valence-electron chi connectivity index (χ3n) is 6.08. The van der Waals surface area contributed by atoms with Gasteiger partial charge in [0.05, 0.1) is 20.8 Å². The molecule has 0 bridgehead atoms. The molecule has 0 radical (unpaired) electrons. The number of hydrogen-bond donors (Lipinski definition) is 1. The molecule has 0 aliphatic carbocycles. The minimum atomic E-state index is -0.329. The van der Waals surface area contributed by atoms with Gasteiger partial charge in [0, 0.05) is 46.7 Å². The molecule has 0 unspecified atom stereocenters. The van der Waals surface area contributed by atoms with E-state index in [2.05, 4.69) is 27.3 Å². The summed E-state index contributed by atoms with van der Waals surface area (Å²) in [5, 5.41) is 2.91. The molecule has 0 saturated carbocycles. The van der Waals surface area contributed by atoms with E-state index in [-0.39, 0.29) is 18.5 Å². The second kappa shape index (κ2) is 15.5. The number of urea groups is 1. The summed E-state index contributed by atoms with van der Waals surface area (Å²) in [5.41, 5.74) is 1.68. The Morgan fingerprint density at radius 2 is 1.74 bits per heavy atom. The Morgan fingerprint density at radius 3 is 2.41 bits per heavy atom. The lowest BCUT2D eigenvalue weighted by molar-refractivity contribution is -0.132. The van der Waals surface area contributed by atoms with Crippen LogP contribution >= 0.6 is 27.3 Å². The highest BCUT2D eigenvalue weighted by molar-refractivity contribution is 9.10. The van der Waals surface area contributed by atoms with Gasteiger partial charge >= 0.3 is 6.03 Å². The second-order valence-electron chi connectivity index (χ2n) is 8.98. The molecule has 0 atom stereocenters. The molecule has 1 aromatic heterocycles. The van der Waals surface area contributed by atoms with E-state index >= 15 is 0 Å². The number of methoxy groups -OCH3 is 3. The molecule has 3 aromatic rings. The van der Waals surface area contributed by atoms with E-state index in [1.165, 1.54) is 4.88 Å². The quantitative estimate of drug-likeness (QED) is 0.225. The first-order valence-corrected chi connectivity index (χ1v) is 14.3. The number of amides is 3. The number of nitrogens with zero attached hydrogens (tertiary/aromatic N) is 2. The molecule has 3 rings (SSSR count). The predicted octanol–water partition coefficient (Wildman–Crippen LogP) is 5.98. The zero-order chi connectivity index (χ0) is 28.2. The van der Waals surface area contributed by atoms with Crippen LogP contribution in [-0.4, -0.2) is 69.3 Å². The number of ether oxygens (including phenoxy) is 3. The van der Waals surface area contributed by atoms with Crippen LogP contribution in [0.2, 0.25) is 0 Å². The number of aryl methyl sites for hydroxylation is 1. The summed E-state index contributed by atoms with van der Waals surface area (Å²) < 4.78 is 16.8. The van der Waals surface area contributed by atoms with Crippen molar-refractivity contribution in [1.29, 1.82) is 0 Å². The highest BCUT2D eigenvalue weighted by Crippen LogP contribution is 2.28. The molecular formula is C29H36BrN3O5S. The Balaban J connectivity index is 1.76. The van der Waals surface area contributed by atoms with Gasteiger partial charge < -0.3 is 29.3 Å². The van der Waals surface area contributed by atoms with Crippen LogP contribution in [0.15, 0.2) is 59.1 Å². The first-order valence-electron chi connectivity index (χ1n) is 12.7. The van der Waals surface area contributed by atoms with Crippen LogP contribution in [0, 0.1) is 6.92 Å². The maximum absolute atomic E-state index is 13.7. The van der Waals surface area contributed by atoms with Crippen molar-refractivity contribution in [2.24, 2.45) is 0 Å². The van der Waals surface area contributed by atoms with Gasteiger partial charge in [-0.1, -0.05) is 28.1 Å². The first-order chi connectivity index (χ1) is 18.8. The Labute approximate surface area is 243 Å². The fourth-order valence-corrected chi connectivity index (χ4v) is 5.34. The summed E-state index contributed by atoms with van der Waals surface area (Å²) in [6.45, 7) is 3.86. The molecule has 3 amide bonds. The largest absolute Gasteiger partial charge is 0.493 e. The van der Waals surface area contributed by atoms with E-state index in [9.17, 15) is 9.59 Å². The fraction of sp³-hybridized carbons (Fsp3) is 0.379. The lowest BCUT2D eigenvalue weighted by Crippen LogP contribution is -2.45. The van der Waals surface area contributed by atoms with Crippen molar-refractivity contribution in [3.63, 3.8) is 0 Å². The molecule has 0 saturated heterocycles. The fourth-order valence-electron chi connectivity index (χ4n) is 4.03. The molecule has 2 aromatic carbocycles. The molecule has 39 heavy (non-hydrogen) atoms. The van der Waals surface area contributed by atoms with Crippen molar-refractivity contribution < 1.29 is 23.8 Å². The van der Waals surface area contributed by atoms with Crippen LogP contribution in [0.4, 0.5) is 10.5 Å². The van der Waals surface area contributed by atoms with E-state index in [0.29, 0.717) is 56.3 Å². The number of benzene rings is 2. The van der Waals surface area contributed by atoms with Crippen LogP contribution in [0.5, 0.6) is 11.5 Å². The minimum absolute atomic E-state index is 0.0418. The predicted molar refractivity (Wildman–Crippen MR) is 159 cm³/mol. The van der Waals surface area contributed by atoms with Crippen molar-refractivity contribution in [3.05, 3.63) is 74.4 Å². The Hall–Kier alpha value is -3.08. The summed E-state index contributed by atoms with van der Waals surface area (Å²) in [5.74, 6) is 1.19. The van der Waals surface area contributed by atoms with Gasteiger partial charge in [0.25, 0.3) is 0 Å². The maximum atomic E-state index is 13.7. The second-order valence-corrected chi connectivity index (χ2v) is 11.3. The average molecular weight is 619 g/mol. The summed E-state index contributed by atoms with van der Waals surface area (Å²) in [7, 11) is 4.83. The molecule has 8 nitrogen and oxygen atoms in total. The van der Waals surface area contributed by atoms with E-state index < -0.39 is 0 Å². The average Bonchev–Trinajstić information content (AvgIpc) is 3.34. The molecule has 10 heteroatoms. The number of carbonyl (C=O) groups excluding carboxylic acids is 2. The van der Waals surface area contributed by atoms with Gasteiger partial charge in [-0.3, -0.25) is 4.79 Å². The van der Waals surface area contributed by atoms with Gasteiger partial charge in [0.15, 0.2) is 11.5 Å². The summed E-state index contributed by atoms with van der Waals surface area (Å²) >= 11 is 5.10. The maximum Gasteiger partial charge on any atom is 0.322 e. The number of rotatable bonds is 14. The highest BCUT2D eigenvalue weighted by atomic mass is 79.9. The Kier molecular flexibility index (Phi) is 12.1. The lowest BCUT2D eigenvalue weighted by atomic mass is 10.1. The van der Waals surface area contributed by atoms with Crippen molar-refractivity contribution in [1.82, 2.24) is 9.80 Å². The number of carbonyl (C=O) groups is 2. The number of anilines is 1. The van der Waals surface area contributed by atoms with Crippen molar-refractivity contribution >= 4 is 44.9 Å². The number of nitrogens with one attached hydrogen (secondary N) is 1. The number of halogens is 1. The third-order valence-corrected chi connectivity index (χ3v) is 7.56. The first kappa shape index (κ1) is 30.5. The van der Waals surface area contributed by atoms with Crippen molar-refractivity contribution in [2.45, 2.75) is 26.3 Å². The Bertz CT molecular complexity index is 1240. The van der Waals surface area contributed by atoms with Gasteiger partial charge in [-0.05, 0) is 67.8 Å². The van der Waals surface area contributed by atoms with E-state index in [0.717, 1.165) is 14.9 Å². The van der Waals surface area contributed by atoms with Crippen molar-refractivity contribution in [3.8, 4) is 11.5 Å². The van der Waals surface area contributed by atoms with E-state index in [1.54, 1.807) is 37.6 Å². The van der Waals surface area contributed by atoms with Gasteiger partial charge in [0.1, 0.15) is 6.54 Å². The number of thiophene rings is 1. The minimum Gasteiger partial charge on any atom is -0.493 e. The third kappa shape index (κ3) is 9.56. The SMILES string of the molecule is COCCCN(CC(=O)N(CCc1ccc(OC)c(OC)c1)Cc1ccc(C)s1)C(=O)Nc1cccc(Br)c1. The standard InChI is InChI=1S/C29H36BrN3O5S/c1-21-9-11-25(39-21)19-32(15-13-22-10-12-26(37-3)27(17-22)38-4)28(34)20-33(14-6-16-36-2)29(35)31-24-8-5-7-23(30)18-24/h5,7-12,17-18H,6,13-16,19-20H2,1-4H3,(H,31,35). The smallest absolute Gasteiger partial charge is 0.322 e. The summed E-state index contributed by atoms with van der Waals surface area (Å²) in [6, 6.07) is 16.9. The molecule has 0 aliphatic rings. The highest BCUT2D eigenvalue weighted by Gasteiger charge is 2.22. The van der Waals surface area contributed by atoms with Gasteiger partial charge in [-0.25, -0.2) is 4.79 Å². The zero-order valence-electron chi connectivity index (χ0n) is 22.9. The summed E-state index contributed by atoms with van der Waals surface area (Å²) in [4.78, 5) is 32.5. The topological polar surface area (TPSA) is 80.3 Å². The molecular weight excluding hydrogens is 582 g/mol. The van der Waals surface area contributed by atoms with Crippen LogP contribution in [0.3, 0.4) is 0 Å². The molecule has 0 spiro atoms. The van der Waals surface area contributed by atoms with Crippen LogP contribution in [0.1, 0.15) is 21.7 Å². The van der Waals surface area contributed by atoms with Gasteiger partial charge in [-0.2, -0.15) is 0 Å². The molecule has 1 heterocycles. The monoisotopic (exact) mass is 617 g/mol. The molecule has 0 fully saturated rings. The van der Waals surface area contributed by atoms with E-state index in [4.69, 9.17) is 14.2 Å². The summed E-state index contributed by atoms with van der Waals surface area (Å²) in [6.07, 6.45) is 1.25. The lowest BCUT2D eigenvalue weighted by Gasteiger charge is -2.28.